The van der Waals surface area contributed by atoms with Crippen LogP contribution in [0.2, 0.25) is 0 Å². The number of methoxy groups -OCH3 is 1. The van der Waals surface area contributed by atoms with Gasteiger partial charge in [-0.25, -0.2) is 4.98 Å². The molecule has 1 aliphatic heterocycles. The van der Waals surface area contributed by atoms with Crippen molar-refractivity contribution < 1.29 is 14.3 Å². The minimum absolute atomic E-state index is 0.0425. The van der Waals surface area contributed by atoms with Gasteiger partial charge in [-0.3, -0.25) is 9.59 Å². The van der Waals surface area contributed by atoms with Crippen LogP contribution in [0.3, 0.4) is 0 Å². The number of aromatic nitrogens is 2. The van der Waals surface area contributed by atoms with Crippen LogP contribution in [0, 0.1) is 0 Å². The SMILES string of the molecule is CCC(=O)c1ccc(Nc2ncc3c(n2)N(C(C)C)[C@H](CC)C(=O)N3C)c(OC)c1. The maximum absolute atomic E-state index is 12.8. The van der Waals surface area contributed by atoms with Crippen molar-refractivity contribution in [1.29, 1.82) is 0 Å². The Morgan fingerprint density at radius 2 is 2.03 bits per heavy atom. The molecular formula is C22H29N5O3. The summed E-state index contributed by atoms with van der Waals surface area (Å²) < 4.78 is 5.46. The molecule has 2 heterocycles. The van der Waals surface area contributed by atoms with E-state index in [-0.39, 0.29) is 23.8 Å². The van der Waals surface area contributed by atoms with E-state index < -0.39 is 0 Å². The molecule has 1 aromatic heterocycles. The van der Waals surface area contributed by atoms with Gasteiger partial charge >= 0.3 is 0 Å². The summed E-state index contributed by atoms with van der Waals surface area (Å²) in [6, 6.07) is 5.10. The molecule has 0 saturated carbocycles. The third kappa shape index (κ3) is 3.81. The standard InChI is InChI=1S/C22H29N5O3/c1-7-16-21(29)26(5)17-12-23-22(25-20(17)27(16)13(3)4)24-15-10-9-14(18(28)8-2)11-19(15)30-6/h9-13,16H,7-8H2,1-6H3,(H,23,24,25)/t16-/m1/s1. The van der Waals surface area contributed by atoms with Gasteiger partial charge in [0, 0.05) is 25.1 Å². The Morgan fingerprint density at radius 3 is 2.63 bits per heavy atom. The van der Waals surface area contributed by atoms with Gasteiger partial charge in [0.15, 0.2) is 11.6 Å². The molecule has 1 amide bonds. The molecule has 0 saturated heterocycles. The topological polar surface area (TPSA) is 87.7 Å². The van der Waals surface area contributed by atoms with E-state index in [4.69, 9.17) is 9.72 Å². The first-order chi connectivity index (χ1) is 14.3. The smallest absolute Gasteiger partial charge is 0.249 e. The summed E-state index contributed by atoms with van der Waals surface area (Å²) in [6.45, 7) is 7.92. The van der Waals surface area contributed by atoms with Crippen molar-refractivity contribution in [1.82, 2.24) is 9.97 Å². The van der Waals surface area contributed by atoms with Crippen LogP contribution in [0.15, 0.2) is 24.4 Å². The molecule has 0 fully saturated rings. The quantitative estimate of drug-likeness (QED) is 0.694. The normalized spacial score (nSPS) is 16.0. The number of amides is 1. The van der Waals surface area contributed by atoms with E-state index in [2.05, 4.69) is 10.3 Å². The fraction of sp³-hybridized carbons (Fsp3) is 0.455. The predicted octanol–water partition coefficient (Wildman–Crippen LogP) is 3.79. The van der Waals surface area contributed by atoms with Crippen LogP contribution < -0.4 is 19.9 Å². The molecule has 0 spiro atoms. The molecule has 3 rings (SSSR count). The number of carbonyl (C=O) groups is 2. The van der Waals surface area contributed by atoms with Crippen molar-refractivity contribution >= 4 is 34.8 Å². The molecule has 8 nitrogen and oxygen atoms in total. The third-order valence-corrected chi connectivity index (χ3v) is 5.34. The molecule has 0 aliphatic carbocycles. The van der Waals surface area contributed by atoms with Crippen molar-refractivity contribution in [2.45, 2.75) is 52.6 Å². The summed E-state index contributed by atoms with van der Waals surface area (Å²) in [5, 5.41) is 3.19. The summed E-state index contributed by atoms with van der Waals surface area (Å²) in [6.07, 6.45) is 2.78. The number of ether oxygens (including phenoxy) is 1. The number of Topliss-reactive ketones (excluding diaryl/α,β-unsaturated/α-hetero) is 1. The van der Waals surface area contributed by atoms with Crippen LogP contribution in [0.4, 0.5) is 23.1 Å². The molecular weight excluding hydrogens is 382 g/mol. The lowest BCUT2D eigenvalue weighted by Gasteiger charge is -2.42. The largest absolute Gasteiger partial charge is 0.495 e. The number of carbonyl (C=O) groups excluding carboxylic acids is 2. The first-order valence-corrected chi connectivity index (χ1v) is 10.2. The van der Waals surface area contributed by atoms with Crippen molar-refractivity contribution in [2.24, 2.45) is 0 Å². The van der Waals surface area contributed by atoms with Gasteiger partial charge in [0.1, 0.15) is 17.5 Å². The number of likely N-dealkylation sites (N-methyl/N-ethyl adjacent to an activating group) is 1. The van der Waals surface area contributed by atoms with Gasteiger partial charge in [0.25, 0.3) is 0 Å². The molecule has 1 N–H and O–H groups in total. The van der Waals surface area contributed by atoms with Gasteiger partial charge in [0.2, 0.25) is 11.9 Å². The number of rotatable bonds is 7. The highest BCUT2D eigenvalue weighted by molar-refractivity contribution is 6.04. The zero-order valence-corrected chi connectivity index (χ0v) is 18.4. The van der Waals surface area contributed by atoms with Gasteiger partial charge in [0.05, 0.1) is 19.0 Å². The highest BCUT2D eigenvalue weighted by atomic mass is 16.5. The number of nitrogens with zero attached hydrogens (tertiary/aromatic N) is 4. The number of anilines is 4. The van der Waals surface area contributed by atoms with E-state index in [1.807, 2.05) is 32.6 Å². The number of ketones is 1. The molecule has 1 atom stereocenters. The first kappa shape index (κ1) is 21.5. The van der Waals surface area contributed by atoms with Crippen molar-refractivity contribution in [3.8, 4) is 5.75 Å². The van der Waals surface area contributed by atoms with Crippen molar-refractivity contribution in [2.75, 3.05) is 29.3 Å². The third-order valence-electron chi connectivity index (χ3n) is 5.34. The van der Waals surface area contributed by atoms with Crippen LogP contribution in [0.1, 0.15) is 50.9 Å². The second-order valence-electron chi connectivity index (χ2n) is 7.54. The molecule has 1 aromatic carbocycles. The predicted molar refractivity (Wildman–Crippen MR) is 118 cm³/mol. The van der Waals surface area contributed by atoms with E-state index in [9.17, 15) is 9.59 Å². The van der Waals surface area contributed by atoms with E-state index in [0.29, 0.717) is 47.3 Å². The molecule has 0 radical (unpaired) electrons. The molecule has 0 unspecified atom stereocenters. The molecule has 30 heavy (non-hydrogen) atoms. The summed E-state index contributed by atoms with van der Waals surface area (Å²) in [5.41, 5.74) is 1.94. The summed E-state index contributed by atoms with van der Waals surface area (Å²) in [4.78, 5) is 37.6. The highest BCUT2D eigenvalue weighted by Crippen LogP contribution is 2.37. The van der Waals surface area contributed by atoms with Crippen LogP contribution >= 0.6 is 0 Å². The first-order valence-electron chi connectivity index (χ1n) is 10.2. The van der Waals surface area contributed by atoms with Gasteiger partial charge in [-0.2, -0.15) is 4.98 Å². The lowest BCUT2D eigenvalue weighted by Crippen LogP contribution is -2.54. The van der Waals surface area contributed by atoms with E-state index in [1.165, 1.54) is 0 Å². The van der Waals surface area contributed by atoms with Crippen molar-refractivity contribution in [3.63, 3.8) is 0 Å². The maximum Gasteiger partial charge on any atom is 0.249 e. The van der Waals surface area contributed by atoms with E-state index in [0.717, 1.165) is 0 Å². The monoisotopic (exact) mass is 411 g/mol. The van der Waals surface area contributed by atoms with Gasteiger partial charge < -0.3 is 19.9 Å². The zero-order chi connectivity index (χ0) is 22.0. The summed E-state index contributed by atoms with van der Waals surface area (Å²) in [7, 11) is 3.31. The second kappa shape index (κ2) is 8.69. The fourth-order valence-electron chi connectivity index (χ4n) is 3.73. The Bertz CT molecular complexity index is 960. The lowest BCUT2D eigenvalue weighted by molar-refractivity contribution is -0.120. The molecule has 0 bridgehead atoms. The number of hydrogen-bond acceptors (Lipinski definition) is 7. The van der Waals surface area contributed by atoms with Crippen molar-refractivity contribution in [3.05, 3.63) is 30.0 Å². The average molecular weight is 412 g/mol. The zero-order valence-electron chi connectivity index (χ0n) is 18.4. The summed E-state index contributed by atoms with van der Waals surface area (Å²) >= 11 is 0. The average Bonchev–Trinajstić information content (AvgIpc) is 2.75. The minimum Gasteiger partial charge on any atom is -0.495 e. The lowest BCUT2D eigenvalue weighted by atomic mass is 10.1. The summed E-state index contributed by atoms with van der Waals surface area (Å²) in [5.74, 6) is 1.74. The molecule has 1 aliphatic rings. The van der Waals surface area contributed by atoms with Crippen LogP contribution in [0.5, 0.6) is 5.75 Å². The second-order valence-corrected chi connectivity index (χ2v) is 7.54. The van der Waals surface area contributed by atoms with Crippen LogP contribution in [0.25, 0.3) is 0 Å². The maximum atomic E-state index is 12.8. The van der Waals surface area contributed by atoms with Gasteiger partial charge in [-0.05, 0) is 38.5 Å². The Balaban J connectivity index is 2.00. The van der Waals surface area contributed by atoms with E-state index >= 15 is 0 Å². The molecule has 8 heteroatoms. The Kier molecular flexibility index (Phi) is 6.24. The van der Waals surface area contributed by atoms with Crippen LogP contribution in [-0.4, -0.2) is 47.9 Å². The Morgan fingerprint density at radius 1 is 1.30 bits per heavy atom. The van der Waals surface area contributed by atoms with E-state index in [1.54, 1.807) is 43.5 Å². The number of nitrogens with one attached hydrogen (secondary N) is 1. The molecule has 160 valence electrons. The fourth-order valence-corrected chi connectivity index (χ4v) is 3.73. The Hall–Kier alpha value is -3.16. The number of hydrogen-bond donors (Lipinski definition) is 1. The number of benzene rings is 1. The van der Waals surface area contributed by atoms with Gasteiger partial charge in [-0.1, -0.05) is 13.8 Å². The Labute approximate surface area is 177 Å². The minimum atomic E-state index is -0.265. The highest BCUT2D eigenvalue weighted by Gasteiger charge is 2.38. The molecule has 2 aromatic rings. The van der Waals surface area contributed by atoms with Gasteiger partial charge in [-0.15, -0.1) is 0 Å². The van der Waals surface area contributed by atoms with Crippen LogP contribution in [-0.2, 0) is 4.79 Å². The number of fused-ring (bicyclic) bond motifs is 1.